The number of hydrogen-bond acceptors (Lipinski definition) is 2. The molecule has 2 aromatic rings. The molecule has 0 amide bonds. The van der Waals surface area contributed by atoms with Gasteiger partial charge in [0.15, 0.2) is 6.29 Å². The summed E-state index contributed by atoms with van der Waals surface area (Å²) >= 11 is 5.91. The fraction of sp³-hybridized carbons (Fsp3) is 0.231. The first-order valence-electron chi connectivity index (χ1n) is 5.44. The van der Waals surface area contributed by atoms with Crippen LogP contribution < -0.4 is 0 Å². The van der Waals surface area contributed by atoms with Gasteiger partial charge < -0.3 is 0 Å². The summed E-state index contributed by atoms with van der Waals surface area (Å²) in [6.45, 7) is 1.85. The molecule has 1 aromatic carbocycles. The Labute approximate surface area is 105 Å². The summed E-state index contributed by atoms with van der Waals surface area (Å²) in [5.74, 6) is 0. The van der Waals surface area contributed by atoms with Crippen molar-refractivity contribution in [1.82, 2.24) is 10.2 Å². The van der Waals surface area contributed by atoms with Crippen molar-refractivity contribution in [2.75, 3.05) is 0 Å². The highest BCUT2D eigenvalue weighted by atomic mass is 35.5. The fourth-order valence-corrected chi connectivity index (χ4v) is 2.00. The minimum absolute atomic E-state index is 0.673. The van der Waals surface area contributed by atoms with Gasteiger partial charge in [0.2, 0.25) is 0 Å². The maximum absolute atomic E-state index is 10.9. The molecular formula is C13H13ClN2O. The summed E-state index contributed by atoms with van der Waals surface area (Å²) < 4.78 is 0. The molecule has 0 radical (unpaired) electrons. The summed E-state index contributed by atoms with van der Waals surface area (Å²) in [6, 6.07) is 7.72. The van der Waals surface area contributed by atoms with Crippen LogP contribution in [0.2, 0.25) is 5.02 Å². The average Bonchev–Trinajstić information content (AvgIpc) is 2.67. The van der Waals surface area contributed by atoms with Crippen molar-refractivity contribution in [3.05, 3.63) is 51.8 Å². The molecule has 0 saturated heterocycles. The SMILES string of the molecule is Cc1[nH]nc(CCc2cccc(Cl)c2)c1C=O. The Morgan fingerprint density at radius 2 is 2.24 bits per heavy atom. The van der Waals surface area contributed by atoms with Gasteiger partial charge in [-0.3, -0.25) is 9.89 Å². The number of H-pyrrole nitrogens is 1. The van der Waals surface area contributed by atoms with Crippen molar-refractivity contribution in [2.45, 2.75) is 19.8 Å². The van der Waals surface area contributed by atoms with E-state index in [1.165, 1.54) is 0 Å². The van der Waals surface area contributed by atoms with E-state index in [0.29, 0.717) is 5.56 Å². The van der Waals surface area contributed by atoms with Crippen molar-refractivity contribution >= 4 is 17.9 Å². The van der Waals surface area contributed by atoms with Crippen molar-refractivity contribution in [2.24, 2.45) is 0 Å². The second-order valence-corrected chi connectivity index (χ2v) is 4.39. The van der Waals surface area contributed by atoms with Gasteiger partial charge in [-0.2, -0.15) is 5.10 Å². The molecule has 0 unspecified atom stereocenters. The third-order valence-corrected chi connectivity index (χ3v) is 2.97. The van der Waals surface area contributed by atoms with E-state index >= 15 is 0 Å². The Hall–Kier alpha value is -1.61. The average molecular weight is 249 g/mol. The van der Waals surface area contributed by atoms with Crippen LogP contribution in [0.3, 0.4) is 0 Å². The van der Waals surface area contributed by atoms with Gasteiger partial charge in [-0.1, -0.05) is 23.7 Å². The molecule has 0 bridgehead atoms. The minimum atomic E-state index is 0.673. The van der Waals surface area contributed by atoms with E-state index in [2.05, 4.69) is 10.2 Å². The number of halogens is 1. The predicted octanol–water partition coefficient (Wildman–Crippen LogP) is 2.97. The Bertz CT molecular complexity index is 534. The van der Waals surface area contributed by atoms with Crippen LogP contribution in [-0.4, -0.2) is 16.5 Å². The van der Waals surface area contributed by atoms with Crippen LogP contribution in [0.4, 0.5) is 0 Å². The summed E-state index contributed by atoms with van der Waals surface area (Å²) in [6.07, 6.45) is 2.41. The van der Waals surface area contributed by atoms with Crippen molar-refractivity contribution in [3.8, 4) is 0 Å². The smallest absolute Gasteiger partial charge is 0.153 e. The van der Waals surface area contributed by atoms with Crippen LogP contribution in [-0.2, 0) is 12.8 Å². The molecule has 0 spiro atoms. The molecule has 1 aromatic heterocycles. The number of carbonyl (C=O) groups is 1. The first-order chi connectivity index (χ1) is 8.20. The second kappa shape index (κ2) is 5.15. The van der Waals surface area contributed by atoms with E-state index in [1.807, 2.05) is 31.2 Å². The van der Waals surface area contributed by atoms with Gasteiger partial charge in [-0.05, 0) is 37.5 Å². The molecule has 4 heteroatoms. The van der Waals surface area contributed by atoms with Crippen LogP contribution in [0, 0.1) is 6.92 Å². The van der Waals surface area contributed by atoms with E-state index in [4.69, 9.17) is 11.6 Å². The molecule has 1 N–H and O–H groups in total. The molecule has 1 heterocycles. The molecule has 0 saturated carbocycles. The predicted molar refractivity (Wildman–Crippen MR) is 67.6 cm³/mol. The number of aromatic amines is 1. The first kappa shape index (κ1) is 11.9. The van der Waals surface area contributed by atoms with Crippen LogP contribution in [0.5, 0.6) is 0 Å². The third-order valence-electron chi connectivity index (χ3n) is 2.73. The first-order valence-corrected chi connectivity index (χ1v) is 5.82. The zero-order chi connectivity index (χ0) is 12.3. The largest absolute Gasteiger partial charge is 0.298 e. The Kier molecular flexibility index (Phi) is 3.59. The number of benzene rings is 1. The fourth-order valence-electron chi connectivity index (χ4n) is 1.79. The second-order valence-electron chi connectivity index (χ2n) is 3.96. The van der Waals surface area contributed by atoms with E-state index in [0.717, 1.165) is 41.1 Å². The van der Waals surface area contributed by atoms with Gasteiger partial charge in [0.05, 0.1) is 11.3 Å². The maximum Gasteiger partial charge on any atom is 0.153 e. The maximum atomic E-state index is 10.9. The molecule has 3 nitrogen and oxygen atoms in total. The standard InChI is InChI=1S/C13H13ClN2O/c1-9-12(8-17)13(16-15-9)6-5-10-3-2-4-11(14)7-10/h2-4,7-8H,5-6H2,1H3,(H,15,16). The highest BCUT2D eigenvalue weighted by Gasteiger charge is 2.09. The Morgan fingerprint density at radius 1 is 1.41 bits per heavy atom. The molecule has 88 valence electrons. The summed E-state index contributed by atoms with van der Waals surface area (Å²) in [7, 11) is 0. The van der Waals surface area contributed by atoms with Crippen LogP contribution in [0.1, 0.15) is 27.3 Å². The molecule has 0 aliphatic carbocycles. The number of rotatable bonds is 4. The monoisotopic (exact) mass is 248 g/mol. The zero-order valence-electron chi connectivity index (χ0n) is 9.53. The molecule has 17 heavy (non-hydrogen) atoms. The quantitative estimate of drug-likeness (QED) is 0.846. The number of nitrogens with one attached hydrogen (secondary N) is 1. The van der Waals surface area contributed by atoms with Gasteiger partial charge in [0, 0.05) is 10.7 Å². The molecule has 0 atom stereocenters. The van der Waals surface area contributed by atoms with Gasteiger partial charge in [0.1, 0.15) is 0 Å². The zero-order valence-corrected chi connectivity index (χ0v) is 10.3. The summed E-state index contributed by atoms with van der Waals surface area (Å²) in [5.41, 5.74) is 3.46. The number of nitrogens with zero attached hydrogens (tertiary/aromatic N) is 1. The number of aldehydes is 1. The summed E-state index contributed by atoms with van der Waals surface area (Å²) in [4.78, 5) is 10.9. The van der Waals surface area contributed by atoms with Gasteiger partial charge in [-0.25, -0.2) is 0 Å². The number of aryl methyl sites for hydroxylation is 3. The topological polar surface area (TPSA) is 45.8 Å². The Morgan fingerprint density at radius 3 is 2.94 bits per heavy atom. The van der Waals surface area contributed by atoms with Gasteiger partial charge in [-0.15, -0.1) is 0 Å². The lowest BCUT2D eigenvalue weighted by Gasteiger charge is -2.00. The van der Waals surface area contributed by atoms with Crippen molar-refractivity contribution < 1.29 is 4.79 Å². The van der Waals surface area contributed by atoms with Crippen LogP contribution in [0.15, 0.2) is 24.3 Å². The van der Waals surface area contributed by atoms with Gasteiger partial charge in [0.25, 0.3) is 0 Å². The molecule has 0 aliphatic rings. The minimum Gasteiger partial charge on any atom is -0.298 e. The van der Waals surface area contributed by atoms with E-state index in [-0.39, 0.29) is 0 Å². The summed E-state index contributed by atoms with van der Waals surface area (Å²) in [5, 5.41) is 7.70. The lowest BCUT2D eigenvalue weighted by Crippen LogP contribution is -1.95. The van der Waals surface area contributed by atoms with E-state index in [9.17, 15) is 4.79 Å². The Balaban J connectivity index is 2.09. The van der Waals surface area contributed by atoms with E-state index < -0.39 is 0 Å². The van der Waals surface area contributed by atoms with Crippen molar-refractivity contribution in [1.29, 1.82) is 0 Å². The lowest BCUT2D eigenvalue weighted by molar-refractivity contribution is 0.112. The van der Waals surface area contributed by atoms with Crippen molar-refractivity contribution in [3.63, 3.8) is 0 Å². The molecule has 2 rings (SSSR count). The lowest BCUT2D eigenvalue weighted by atomic mass is 10.1. The number of carbonyl (C=O) groups excluding carboxylic acids is 1. The van der Waals surface area contributed by atoms with Crippen LogP contribution >= 0.6 is 11.6 Å². The molecule has 0 aliphatic heterocycles. The molecule has 0 fully saturated rings. The van der Waals surface area contributed by atoms with Gasteiger partial charge >= 0.3 is 0 Å². The van der Waals surface area contributed by atoms with E-state index in [1.54, 1.807) is 0 Å². The van der Waals surface area contributed by atoms with Crippen LogP contribution in [0.25, 0.3) is 0 Å². The highest BCUT2D eigenvalue weighted by Crippen LogP contribution is 2.14. The number of aromatic nitrogens is 2. The highest BCUT2D eigenvalue weighted by molar-refractivity contribution is 6.30. The number of hydrogen-bond donors (Lipinski definition) is 1. The normalized spacial score (nSPS) is 10.5. The third kappa shape index (κ3) is 2.74. The molecular weight excluding hydrogens is 236 g/mol.